The van der Waals surface area contributed by atoms with Crippen LogP contribution in [-0.2, 0) is 19.7 Å². The Hall–Kier alpha value is -0.950. The lowest BCUT2D eigenvalue weighted by Gasteiger charge is -2.05. The molecule has 96 valence electrons. The van der Waals surface area contributed by atoms with Crippen LogP contribution in [0.1, 0.15) is 6.92 Å². The Balaban J connectivity index is 2.95. The van der Waals surface area contributed by atoms with E-state index < -0.39 is 41.9 Å². The molecule has 0 aliphatic rings. The Morgan fingerprint density at radius 1 is 1.06 bits per heavy atom. The summed E-state index contributed by atoms with van der Waals surface area (Å²) in [5.74, 6) is -2.06. The van der Waals surface area contributed by atoms with Gasteiger partial charge in [0.25, 0.3) is 0 Å². The van der Waals surface area contributed by atoms with Crippen molar-refractivity contribution in [1.29, 1.82) is 0 Å². The van der Waals surface area contributed by atoms with Gasteiger partial charge in [0, 0.05) is 5.75 Å². The second kappa shape index (κ2) is 5.14. The predicted molar refractivity (Wildman–Crippen MR) is 62.8 cm³/mol. The van der Waals surface area contributed by atoms with Gasteiger partial charge in [-0.2, -0.15) is 0 Å². The summed E-state index contributed by atoms with van der Waals surface area (Å²) in [5, 5.41) is 0. The molecule has 1 aromatic rings. The summed E-state index contributed by atoms with van der Waals surface area (Å²) >= 11 is 0. The molecule has 4 nitrogen and oxygen atoms in total. The van der Waals surface area contributed by atoms with Gasteiger partial charge < -0.3 is 0 Å². The summed E-state index contributed by atoms with van der Waals surface area (Å²) in [4.78, 5) is -0.452. The van der Waals surface area contributed by atoms with E-state index in [0.717, 1.165) is 12.1 Å². The first-order chi connectivity index (χ1) is 7.78. The molecule has 0 unspecified atom stereocenters. The zero-order valence-electron chi connectivity index (χ0n) is 9.26. The van der Waals surface area contributed by atoms with Crippen LogP contribution in [0.15, 0.2) is 29.2 Å². The van der Waals surface area contributed by atoms with E-state index in [1.54, 1.807) is 0 Å². The molecule has 1 rings (SSSR count). The van der Waals surface area contributed by atoms with Gasteiger partial charge >= 0.3 is 0 Å². The van der Waals surface area contributed by atoms with E-state index in [0.29, 0.717) is 0 Å². The number of rotatable bonds is 5. The van der Waals surface area contributed by atoms with Gasteiger partial charge in [-0.3, -0.25) is 0 Å². The fraction of sp³-hybridized carbons (Fsp3) is 0.400. The summed E-state index contributed by atoms with van der Waals surface area (Å²) < 4.78 is 59.1. The van der Waals surface area contributed by atoms with E-state index in [2.05, 4.69) is 0 Å². The zero-order chi connectivity index (χ0) is 13.1. The lowest BCUT2D eigenvalue weighted by atomic mass is 10.3. The molecule has 0 fully saturated rings. The normalized spacial score (nSPS) is 12.6. The molecule has 0 N–H and O–H groups in total. The predicted octanol–water partition coefficient (Wildman–Crippen LogP) is 1.03. The molecule has 0 amide bonds. The Morgan fingerprint density at radius 2 is 1.65 bits per heavy atom. The molecule has 1 aromatic carbocycles. The van der Waals surface area contributed by atoms with Gasteiger partial charge in [-0.15, -0.1) is 0 Å². The second-order valence-corrected chi connectivity index (χ2v) is 8.04. The Labute approximate surface area is 100 Å². The van der Waals surface area contributed by atoms with Crippen molar-refractivity contribution in [3.05, 3.63) is 30.1 Å². The highest BCUT2D eigenvalue weighted by molar-refractivity contribution is 7.95. The Morgan fingerprint density at radius 3 is 2.18 bits per heavy atom. The van der Waals surface area contributed by atoms with Crippen molar-refractivity contribution >= 4 is 19.7 Å². The van der Waals surface area contributed by atoms with Crippen LogP contribution in [0.3, 0.4) is 0 Å². The molecule has 0 aliphatic heterocycles. The molecule has 0 aromatic heterocycles. The summed E-state index contributed by atoms with van der Waals surface area (Å²) in [6.45, 7) is 1.44. The van der Waals surface area contributed by atoms with E-state index in [1.165, 1.54) is 19.1 Å². The molecule has 0 saturated heterocycles. The first-order valence-electron chi connectivity index (χ1n) is 4.96. The minimum atomic E-state index is -3.89. The van der Waals surface area contributed by atoms with Gasteiger partial charge in [0.05, 0.1) is 11.5 Å². The quantitative estimate of drug-likeness (QED) is 0.808. The van der Waals surface area contributed by atoms with Crippen molar-refractivity contribution in [2.75, 3.05) is 17.3 Å². The maximum Gasteiger partial charge on any atom is 0.182 e. The summed E-state index contributed by atoms with van der Waals surface area (Å²) in [7, 11) is -7.26. The van der Waals surface area contributed by atoms with Gasteiger partial charge in [-0.25, -0.2) is 21.2 Å². The third-order valence-corrected chi connectivity index (χ3v) is 5.98. The number of hydrogen-bond donors (Lipinski definition) is 0. The Bertz CT molecular complexity index is 590. The van der Waals surface area contributed by atoms with Crippen molar-refractivity contribution in [2.45, 2.75) is 11.8 Å². The van der Waals surface area contributed by atoms with E-state index in [-0.39, 0.29) is 5.75 Å². The molecule has 0 atom stereocenters. The fourth-order valence-electron chi connectivity index (χ4n) is 1.19. The molecule has 17 heavy (non-hydrogen) atoms. The first-order valence-corrected chi connectivity index (χ1v) is 8.43. The third-order valence-electron chi connectivity index (χ3n) is 2.27. The minimum absolute atomic E-state index is 0.125. The van der Waals surface area contributed by atoms with E-state index in [1.807, 2.05) is 0 Å². The van der Waals surface area contributed by atoms with E-state index in [4.69, 9.17) is 0 Å². The maximum atomic E-state index is 13.3. The van der Waals surface area contributed by atoms with E-state index in [9.17, 15) is 21.2 Å². The van der Waals surface area contributed by atoms with Crippen LogP contribution in [0.25, 0.3) is 0 Å². The summed E-state index contributed by atoms with van der Waals surface area (Å²) in [6.07, 6.45) is 0. The largest absolute Gasteiger partial charge is 0.229 e. The maximum absolute atomic E-state index is 13.3. The molecule has 7 heteroatoms. The third kappa shape index (κ3) is 3.78. The van der Waals surface area contributed by atoms with Crippen molar-refractivity contribution < 1.29 is 21.2 Å². The average Bonchev–Trinajstić information content (AvgIpc) is 2.27. The van der Waals surface area contributed by atoms with Crippen molar-refractivity contribution in [1.82, 2.24) is 0 Å². The highest BCUT2D eigenvalue weighted by atomic mass is 32.2. The van der Waals surface area contributed by atoms with Crippen molar-refractivity contribution in [3.63, 3.8) is 0 Å². The summed E-state index contributed by atoms with van der Waals surface area (Å²) in [5.41, 5.74) is 0. The first kappa shape index (κ1) is 14.1. The van der Waals surface area contributed by atoms with Crippen LogP contribution in [0.5, 0.6) is 0 Å². The van der Waals surface area contributed by atoms with Crippen LogP contribution >= 0.6 is 0 Å². The topological polar surface area (TPSA) is 68.3 Å². The Kier molecular flexibility index (Phi) is 4.26. The standard InChI is InChI=1S/C10H13FO4S2/c1-2-16(12,13)7-8-17(14,15)10-6-4-3-5-9(10)11/h3-6H,2,7-8H2,1H3. The minimum Gasteiger partial charge on any atom is -0.229 e. The van der Waals surface area contributed by atoms with Gasteiger partial charge in [0.1, 0.15) is 10.7 Å². The van der Waals surface area contributed by atoms with Gasteiger partial charge in [-0.1, -0.05) is 19.1 Å². The molecular weight excluding hydrogens is 267 g/mol. The monoisotopic (exact) mass is 280 g/mol. The number of halogens is 1. The average molecular weight is 280 g/mol. The van der Waals surface area contributed by atoms with Crippen LogP contribution in [0, 0.1) is 5.82 Å². The highest BCUT2D eigenvalue weighted by Crippen LogP contribution is 2.15. The van der Waals surface area contributed by atoms with Crippen molar-refractivity contribution in [3.8, 4) is 0 Å². The second-order valence-electron chi connectivity index (χ2n) is 3.49. The highest BCUT2D eigenvalue weighted by Gasteiger charge is 2.21. The molecule has 0 aliphatic carbocycles. The number of benzene rings is 1. The van der Waals surface area contributed by atoms with Crippen LogP contribution in [0.4, 0.5) is 4.39 Å². The van der Waals surface area contributed by atoms with Crippen LogP contribution in [0.2, 0.25) is 0 Å². The zero-order valence-corrected chi connectivity index (χ0v) is 10.9. The van der Waals surface area contributed by atoms with Crippen LogP contribution < -0.4 is 0 Å². The molecular formula is C10H13FO4S2. The molecule has 0 spiro atoms. The van der Waals surface area contributed by atoms with Crippen LogP contribution in [-0.4, -0.2) is 34.1 Å². The molecule has 0 bridgehead atoms. The SMILES string of the molecule is CCS(=O)(=O)CCS(=O)(=O)c1ccccc1F. The fourth-order valence-corrected chi connectivity index (χ4v) is 4.24. The van der Waals surface area contributed by atoms with Gasteiger partial charge in [0.15, 0.2) is 19.7 Å². The van der Waals surface area contributed by atoms with Gasteiger partial charge in [0.2, 0.25) is 0 Å². The number of sulfone groups is 2. The summed E-state index contributed by atoms with van der Waals surface area (Å²) in [6, 6.07) is 4.92. The lowest BCUT2D eigenvalue weighted by molar-refractivity contribution is 0.566. The molecule has 0 heterocycles. The van der Waals surface area contributed by atoms with Crippen molar-refractivity contribution in [2.24, 2.45) is 0 Å². The lowest BCUT2D eigenvalue weighted by Crippen LogP contribution is -2.19. The smallest absolute Gasteiger partial charge is 0.182 e. The number of hydrogen-bond acceptors (Lipinski definition) is 4. The van der Waals surface area contributed by atoms with Gasteiger partial charge in [-0.05, 0) is 12.1 Å². The molecule has 0 radical (unpaired) electrons. The molecule has 0 saturated carbocycles. The van der Waals surface area contributed by atoms with E-state index >= 15 is 0 Å².